The summed E-state index contributed by atoms with van der Waals surface area (Å²) in [5.74, 6) is 0.0387. The third-order valence-electron chi connectivity index (χ3n) is 2.94. The van der Waals surface area contributed by atoms with E-state index in [2.05, 4.69) is 29.4 Å². The molecule has 0 saturated carbocycles. The summed E-state index contributed by atoms with van der Waals surface area (Å²) in [4.78, 5) is 21.9. The third kappa shape index (κ3) is 4.61. The minimum absolute atomic E-state index is 0.0530. The molecule has 1 amide bonds. The van der Waals surface area contributed by atoms with Gasteiger partial charge in [0.25, 0.3) is 5.91 Å². The number of nitro groups is 1. The molecular weight excluding hydrogens is 264 g/mol. The molecule has 1 aromatic rings. The number of aromatic nitrogens is 2. The van der Waals surface area contributed by atoms with E-state index in [1.54, 1.807) is 0 Å². The molecule has 0 aromatic carbocycles. The molecule has 0 aliphatic heterocycles. The average molecular weight is 284 g/mol. The molecule has 0 aliphatic rings. The Morgan fingerprint density at radius 2 is 2.30 bits per heavy atom. The van der Waals surface area contributed by atoms with Crippen LogP contribution in [0.15, 0.2) is 6.20 Å². The Labute approximate surface area is 116 Å². The number of hydrogen-bond acceptors (Lipinski definition) is 5. The lowest BCUT2D eigenvalue weighted by molar-refractivity contribution is -0.385. The zero-order valence-corrected chi connectivity index (χ0v) is 11.6. The quantitative estimate of drug-likeness (QED) is 0.487. The van der Waals surface area contributed by atoms with Crippen LogP contribution in [0, 0.1) is 22.0 Å². The van der Waals surface area contributed by atoms with Crippen LogP contribution in [-0.2, 0) is 0 Å². The largest absolute Gasteiger partial charge is 0.396 e. The molecule has 0 radical (unpaired) electrons. The van der Waals surface area contributed by atoms with E-state index >= 15 is 0 Å². The van der Waals surface area contributed by atoms with Crippen molar-refractivity contribution >= 4 is 11.6 Å². The zero-order valence-electron chi connectivity index (χ0n) is 11.6. The van der Waals surface area contributed by atoms with Gasteiger partial charge in [-0.1, -0.05) is 13.8 Å². The zero-order chi connectivity index (χ0) is 15.1. The Morgan fingerprint density at radius 1 is 1.60 bits per heavy atom. The molecule has 0 fully saturated rings. The number of amides is 1. The van der Waals surface area contributed by atoms with Crippen molar-refractivity contribution < 1.29 is 14.8 Å². The molecule has 1 aromatic heterocycles. The van der Waals surface area contributed by atoms with Gasteiger partial charge in [-0.2, -0.15) is 5.10 Å². The summed E-state index contributed by atoms with van der Waals surface area (Å²) in [6, 6.07) is 0. The highest BCUT2D eigenvalue weighted by Crippen LogP contribution is 2.16. The summed E-state index contributed by atoms with van der Waals surface area (Å²) in [6.07, 6.45) is 2.46. The molecule has 0 bridgehead atoms. The predicted octanol–water partition coefficient (Wildman–Crippen LogP) is 1.09. The van der Waals surface area contributed by atoms with E-state index in [1.165, 1.54) is 0 Å². The maximum absolute atomic E-state index is 11.9. The van der Waals surface area contributed by atoms with Gasteiger partial charge < -0.3 is 10.4 Å². The first-order valence-corrected chi connectivity index (χ1v) is 6.52. The monoisotopic (exact) mass is 284 g/mol. The van der Waals surface area contributed by atoms with Crippen LogP contribution in [-0.4, -0.2) is 39.3 Å². The second-order valence-electron chi connectivity index (χ2n) is 5.11. The number of nitrogens with one attached hydrogen (secondary N) is 2. The predicted molar refractivity (Wildman–Crippen MR) is 72.2 cm³/mol. The summed E-state index contributed by atoms with van der Waals surface area (Å²) in [5, 5.41) is 28.2. The summed E-state index contributed by atoms with van der Waals surface area (Å²) in [6.45, 7) is 4.54. The number of nitrogens with zero attached hydrogens (tertiary/aromatic N) is 2. The Bertz CT molecular complexity index is 458. The first kappa shape index (κ1) is 16.1. The van der Waals surface area contributed by atoms with Gasteiger partial charge in [0, 0.05) is 13.2 Å². The maximum Gasteiger partial charge on any atom is 0.319 e. The van der Waals surface area contributed by atoms with Crippen molar-refractivity contribution in [3.63, 3.8) is 0 Å². The lowest BCUT2D eigenvalue weighted by Crippen LogP contribution is -2.31. The van der Waals surface area contributed by atoms with E-state index in [0.29, 0.717) is 18.9 Å². The number of carbonyl (C=O) groups excluding carboxylic acids is 1. The fraction of sp³-hybridized carbons (Fsp3) is 0.667. The molecule has 112 valence electrons. The molecule has 3 N–H and O–H groups in total. The molecule has 1 heterocycles. The number of H-pyrrole nitrogens is 1. The van der Waals surface area contributed by atoms with Gasteiger partial charge in [-0.15, -0.1) is 0 Å². The number of carbonyl (C=O) groups is 1. The Kier molecular flexibility index (Phi) is 6.10. The maximum atomic E-state index is 11.9. The van der Waals surface area contributed by atoms with Gasteiger partial charge in [-0.25, -0.2) is 0 Å². The fourth-order valence-electron chi connectivity index (χ4n) is 2.06. The van der Waals surface area contributed by atoms with E-state index in [0.717, 1.165) is 12.6 Å². The molecule has 1 atom stereocenters. The molecule has 8 heteroatoms. The van der Waals surface area contributed by atoms with Crippen molar-refractivity contribution in [1.29, 1.82) is 0 Å². The Hall–Kier alpha value is -1.96. The number of rotatable bonds is 8. The Balaban J connectivity index is 2.60. The van der Waals surface area contributed by atoms with E-state index in [-0.39, 0.29) is 23.9 Å². The topological polar surface area (TPSA) is 121 Å². The van der Waals surface area contributed by atoms with Crippen molar-refractivity contribution in [2.45, 2.75) is 26.7 Å². The minimum atomic E-state index is -0.655. The summed E-state index contributed by atoms with van der Waals surface area (Å²) in [7, 11) is 0. The van der Waals surface area contributed by atoms with Gasteiger partial charge in [0.05, 0.1) is 4.92 Å². The molecule has 8 nitrogen and oxygen atoms in total. The van der Waals surface area contributed by atoms with Gasteiger partial charge in [-0.3, -0.25) is 20.0 Å². The number of aromatic amines is 1. The van der Waals surface area contributed by atoms with Crippen LogP contribution in [0.25, 0.3) is 0 Å². The molecule has 0 saturated heterocycles. The molecule has 1 unspecified atom stereocenters. The van der Waals surface area contributed by atoms with Crippen molar-refractivity contribution in [2.75, 3.05) is 13.2 Å². The SMILES string of the molecule is CC(C)CC(CCO)CNC(=O)c1[nH]ncc1[N+](=O)[O-]. The summed E-state index contributed by atoms with van der Waals surface area (Å²) >= 11 is 0. The third-order valence-corrected chi connectivity index (χ3v) is 2.94. The smallest absolute Gasteiger partial charge is 0.319 e. The normalized spacial score (nSPS) is 12.4. The van der Waals surface area contributed by atoms with E-state index in [1.807, 2.05) is 0 Å². The van der Waals surface area contributed by atoms with Crippen molar-refractivity contribution in [2.24, 2.45) is 11.8 Å². The molecule has 0 aliphatic carbocycles. The number of aliphatic hydroxyl groups is 1. The van der Waals surface area contributed by atoms with Crippen molar-refractivity contribution in [1.82, 2.24) is 15.5 Å². The first-order valence-electron chi connectivity index (χ1n) is 6.52. The summed E-state index contributed by atoms with van der Waals surface area (Å²) < 4.78 is 0. The minimum Gasteiger partial charge on any atom is -0.396 e. The standard InChI is InChI=1S/C12H20N4O4/c1-8(2)5-9(3-4-17)6-13-12(18)11-10(16(19)20)7-14-15-11/h7-9,17H,3-6H2,1-2H3,(H,13,18)(H,14,15). The van der Waals surface area contributed by atoms with Crippen LogP contribution in [0.3, 0.4) is 0 Å². The molecule has 20 heavy (non-hydrogen) atoms. The highest BCUT2D eigenvalue weighted by atomic mass is 16.6. The number of hydrogen-bond donors (Lipinski definition) is 3. The lowest BCUT2D eigenvalue weighted by Gasteiger charge is -2.18. The van der Waals surface area contributed by atoms with Gasteiger partial charge in [0.15, 0.2) is 0 Å². The van der Waals surface area contributed by atoms with Crippen LogP contribution in [0.2, 0.25) is 0 Å². The van der Waals surface area contributed by atoms with Crippen LogP contribution in [0.4, 0.5) is 5.69 Å². The second-order valence-corrected chi connectivity index (χ2v) is 5.11. The van der Waals surface area contributed by atoms with E-state index < -0.39 is 10.8 Å². The average Bonchev–Trinajstić information content (AvgIpc) is 2.84. The lowest BCUT2D eigenvalue weighted by atomic mass is 9.94. The van der Waals surface area contributed by atoms with Gasteiger partial charge in [0.1, 0.15) is 6.20 Å². The molecular formula is C12H20N4O4. The summed E-state index contributed by atoms with van der Waals surface area (Å²) in [5.41, 5.74) is -0.493. The van der Waals surface area contributed by atoms with E-state index in [4.69, 9.17) is 5.11 Å². The van der Waals surface area contributed by atoms with Gasteiger partial charge in [0.2, 0.25) is 5.69 Å². The van der Waals surface area contributed by atoms with Crippen LogP contribution in [0.1, 0.15) is 37.2 Å². The Morgan fingerprint density at radius 3 is 2.85 bits per heavy atom. The van der Waals surface area contributed by atoms with Crippen molar-refractivity contribution in [3.05, 3.63) is 22.0 Å². The molecule has 0 spiro atoms. The van der Waals surface area contributed by atoms with Gasteiger partial charge in [-0.05, 0) is 24.7 Å². The highest BCUT2D eigenvalue weighted by Gasteiger charge is 2.23. The van der Waals surface area contributed by atoms with Crippen molar-refractivity contribution in [3.8, 4) is 0 Å². The highest BCUT2D eigenvalue weighted by molar-refractivity contribution is 5.95. The van der Waals surface area contributed by atoms with Crippen LogP contribution in [0.5, 0.6) is 0 Å². The fourth-order valence-corrected chi connectivity index (χ4v) is 2.06. The number of aliphatic hydroxyl groups excluding tert-OH is 1. The van der Waals surface area contributed by atoms with Crippen LogP contribution >= 0.6 is 0 Å². The van der Waals surface area contributed by atoms with Gasteiger partial charge >= 0.3 is 5.69 Å². The van der Waals surface area contributed by atoms with E-state index in [9.17, 15) is 14.9 Å². The first-order chi connectivity index (χ1) is 9.45. The van der Waals surface area contributed by atoms with Crippen LogP contribution < -0.4 is 5.32 Å². The molecule has 1 rings (SSSR count). The second kappa shape index (κ2) is 7.59.